The fraction of sp³-hybridized carbons (Fsp3) is 0.0909. The van der Waals surface area contributed by atoms with Gasteiger partial charge in [-0.2, -0.15) is 0 Å². The molecule has 0 saturated carbocycles. The summed E-state index contributed by atoms with van der Waals surface area (Å²) in [6.45, 7) is 0.788. The predicted molar refractivity (Wildman–Crippen MR) is 113 cm³/mol. The Kier molecular flexibility index (Phi) is 6.73. The highest BCUT2D eigenvalue weighted by Gasteiger charge is 2.03. The lowest BCUT2D eigenvalue weighted by Crippen LogP contribution is -2.12. The van der Waals surface area contributed by atoms with Crippen LogP contribution < -0.4 is 20.9 Å². The minimum Gasteiger partial charge on any atom is -0.489 e. The van der Waals surface area contributed by atoms with Gasteiger partial charge in [0.1, 0.15) is 24.7 Å². The molecule has 0 bridgehead atoms. The minimum atomic E-state index is 0.0499. The van der Waals surface area contributed by atoms with Crippen molar-refractivity contribution in [1.29, 1.82) is 0 Å². The van der Waals surface area contributed by atoms with Crippen LogP contribution in [0.15, 0.2) is 83.1 Å². The van der Waals surface area contributed by atoms with Crippen LogP contribution in [-0.4, -0.2) is 22.1 Å². The summed E-state index contributed by atoms with van der Waals surface area (Å²) in [7, 11) is 0. The van der Waals surface area contributed by atoms with Gasteiger partial charge in [0.15, 0.2) is 11.7 Å². The zero-order valence-corrected chi connectivity index (χ0v) is 16.1. The summed E-state index contributed by atoms with van der Waals surface area (Å²) in [6, 6.07) is 21.8. The normalized spacial score (nSPS) is 11.9. The Morgan fingerprint density at radius 1 is 0.667 bits per heavy atom. The average Bonchev–Trinajstić information content (AvgIpc) is 2.81. The van der Waals surface area contributed by atoms with E-state index < -0.39 is 0 Å². The van der Waals surface area contributed by atoms with Gasteiger partial charge in [-0.25, -0.2) is 0 Å². The molecule has 0 fully saturated rings. The predicted octanol–water partition coefficient (Wildman–Crippen LogP) is 3.03. The average molecular weight is 406 g/mol. The van der Waals surface area contributed by atoms with Crippen LogP contribution >= 0.6 is 0 Å². The Labute approximate surface area is 173 Å². The smallest absolute Gasteiger partial charge is 0.170 e. The summed E-state index contributed by atoms with van der Waals surface area (Å²) in [5, 5.41) is 23.3. The van der Waals surface area contributed by atoms with Crippen molar-refractivity contribution in [3.8, 4) is 11.5 Å². The van der Waals surface area contributed by atoms with Crippen LogP contribution in [0.4, 0.5) is 0 Å². The number of rotatable bonds is 8. The maximum Gasteiger partial charge on any atom is 0.170 e. The molecule has 0 spiro atoms. The fourth-order valence-corrected chi connectivity index (χ4v) is 2.70. The van der Waals surface area contributed by atoms with Crippen molar-refractivity contribution in [2.24, 2.45) is 21.8 Å². The zero-order valence-electron chi connectivity index (χ0n) is 16.1. The van der Waals surface area contributed by atoms with Crippen molar-refractivity contribution >= 4 is 11.7 Å². The van der Waals surface area contributed by atoms with Gasteiger partial charge in [-0.3, -0.25) is 0 Å². The first-order chi connectivity index (χ1) is 14.6. The van der Waals surface area contributed by atoms with Crippen molar-refractivity contribution in [2.75, 3.05) is 0 Å². The summed E-state index contributed by atoms with van der Waals surface area (Å²) in [5.41, 5.74) is 14.3. The molecule has 0 aliphatic rings. The third-order valence-electron chi connectivity index (χ3n) is 4.32. The molecule has 0 aromatic heterocycles. The first kappa shape index (κ1) is 20.5. The van der Waals surface area contributed by atoms with Gasteiger partial charge in [-0.15, -0.1) is 0 Å². The summed E-state index contributed by atoms with van der Waals surface area (Å²) >= 11 is 0. The number of ether oxygens (including phenoxy) is 2. The second-order valence-electron chi connectivity index (χ2n) is 6.42. The highest BCUT2D eigenvalue weighted by Crippen LogP contribution is 2.17. The van der Waals surface area contributed by atoms with Crippen LogP contribution in [-0.2, 0) is 13.2 Å². The highest BCUT2D eigenvalue weighted by molar-refractivity contribution is 5.97. The standard InChI is InChI=1S/C22H22N4O4/c23-21(25-27)17-4-8-19(9-5-17)29-13-15-2-1-3-16(12-15)14-30-20-10-6-18(7-11-20)22(24)26-28/h1-12,27-28H,13-14H2,(H2,23,25)(H2,24,26). The summed E-state index contributed by atoms with van der Waals surface area (Å²) in [5.74, 6) is 1.46. The molecule has 8 nitrogen and oxygen atoms in total. The van der Waals surface area contributed by atoms with E-state index in [1.807, 2.05) is 24.3 Å². The lowest BCUT2D eigenvalue weighted by Gasteiger charge is -2.10. The van der Waals surface area contributed by atoms with Crippen molar-refractivity contribution in [1.82, 2.24) is 0 Å². The van der Waals surface area contributed by atoms with E-state index in [0.29, 0.717) is 35.8 Å². The molecular weight excluding hydrogens is 384 g/mol. The SMILES string of the molecule is NC(=NO)c1ccc(OCc2cccc(COc3ccc(C(N)=NO)cc3)c2)cc1. The van der Waals surface area contributed by atoms with Gasteiger partial charge in [-0.1, -0.05) is 28.5 Å². The van der Waals surface area contributed by atoms with Crippen LogP contribution in [0.2, 0.25) is 0 Å². The second-order valence-corrected chi connectivity index (χ2v) is 6.42. The molecule has 0 heterocycles. The van der Waals surface area contributed by atoms with Crippen LogP contribution in [0.3, 0.4) is 0 Å². The number of nitrogens with zero attached hydrogens (tertiary/aromatic N) is 2. The van der Waals surface area contributed by atoms with E-state index in [2.05, 4.69) is 10.3 Å². The van der Waals surface area contributed by atoms with Gasteiger partial charge in [-0.05, 0) is 65.7 Å². The van der Waals surface area contributed by atoms with Crippen molar-refractivity contribution < 1.29 is 19.9 Å². The molecule has 0 saturated heterocycles. The van der Waals surface area contributed by atoms with Crippen LogP contribution in [0.25, 0.3) is 0 Å². The van der Waals surface area contributed by atoms with Gasteiger partial charge >= 0.3 is 0 Å². The molecule has 6 N–H and O–H groups in total. The van der Waals surface area contributed by atoms with Gasteiger partial charge in [0, 0.05) is 11.1 Å². The molecule has 0 aliphatic heterocycles. The Morgan fingerprint density at radius 3 is 1.43 bits per heavy atom. The fourth-order valence-electron chi connectivity index (χ4n) is 2.70. The molecule has 0 amide bonds. The maximum absolute atomic E-state index is 8.70. The summed E-state index contributed by atoms with van der Waals surface area (Å²) in [6.07, 6.45) is 0. The van der Waals surface area contributed by atoms with Gasteiger partial charge in [0.05, 0.1) is 0 Å². The van der Waals surface area contributed by atoms with E-state index in [9.17, 15) is 0 Å². The third-order valence-corrected chi connectivity index (χ3v) is 4.32. The molecule has 3 rings (SSSR count). The molecule has 0 atom stereocenters. The van der Waals surface area contributed by atoms with Crippen LogP contribution in [0.5, 0.6) is 11.5 Å². The maximum atomic E-state index is 8.70. The van der Waals surface area contributed by atoms with E-state index in [1.54, 1.807) is 48.5 Å². The largest absolute Gasteiger partial charge is 0.489 e. The number of oxime groups is 2. The van der Waals surface area contributed by atoms with E-state index in [0.717, 1.165) is 11.1 Å². The molecule has 0 radical (unpaired) electrons. The molecule has 0 unspecified atom stereocenters. The van der Waals surface area contributed by atoms with Crippen molar-refractivity contribution in [3.05, 3.63) is 95.1 Å². The van der Waals surface area contributed by atoms with Crippen LogP contribution in [0, 0.1) is 0 Å². The third kappa shape index (κ3) is 5.41. The number of benzene rings is 3. The summed E-state index contributed by atoms with van der Waals surface area (Å²) in [4.78, 5) is 0. The van der Waals surface area contributed by atoms with Crippen molar-refractivity contribution in [3.63, 3.8) is 0 Å². The Morgan fingerprint density at radius 2 is 1.07 bits per heavy atom. The molecule has 8 heteroatoms. The van der Waals surface area contributed by atoms with Gasteiger partial charge in [0.25, 0.3) is 0 Å². The molecular formula is C22H22N4O4. The summed E-state index contributed by atoms with van der Waals surface area (Å²) < 4.78 is 11.6. The second kappa shape index (κ2) is 9.83. The number of hydrogen-bond acceptors (Lipinski definition) is 6. The van der Waals surface area contributed by atoms with E-state index in [4.69, 9.17) is 31.4 Å². The van der Waals surface area contributed by atoms with E-state index >= 15 is 0 Å². The Hall–Kier alpha value is -4.20. The number of nitrogens with two attached hydrogens (primary N) is 2. The van der Waals surface area contributed by atoms with Crippen molar-refractivity contribution in [2.45, 2.75) is 13.2 Å². The first-order valence-corrected chi connectivity index (χ1v) is 9.08. The minimum absolute atomic E-state index is 0.0499. The highest BCUT2D eigenvalue weighted by atomic mass is 16.5. The zero-order chi connectivity index (χ0) is 21.3. The van der Waals surface area contributed by atoms with E-state index in [1.165, 1.54) is 0 Å². The number of hydrogen-bond donors (Lipinski definition) is 4. The Bertz CT molecular complexity index is 951. The topological polar surface area (TPSA) is 136 Å². The number of amidine groups is 2. The first-order valence-electron chi connectivity index (χ1n) is 9.08. The van der Waals surface area contributed by atoms with Crippen LogP contribution in [0.1, 0.15) is 22.3 Å². The lowest BCUT2D eigenvalue weighted by atomic mass is 10.1. The molecule has 0 aliphatic carbocycles. The van der Waals surface area contributed by atoms with Gasteiger partial charge in [0.2, 0.25) is 0 Å². The molecule has 3 aromatic carbocycles. The molecule has 30 heavy (non-hydrogen) atoms. The monoisotopic (exact) mass is 406 g/mol. The molecule has 154 valence electrons. The van der Waals surface area contributed by atoms with E-state index in [-0.39, 0.29) is 11.7 Å². The Balaban J connectivity index is 1.55. The lowest BCUT2D eigenvalue weighted by molar-refractivity contribution is 0.300. The molecule has 3 aromatic rings. The quantitative estimate of drug-likeness (QED) is 0.196. The van der Waals surface area contributed by atoms with Gasteiger partial charge < -0.3 is 31.4 Å².